The van der Waals surface area contributed by atoms with Crippen LogP contribution in [0.3, 0.4) is 0 Å². The molecule has 0 aliphatic heterocycles. The molecule has 11 nitrogen and oxygen atoms in total. The lowest BCUT2D eigenvalue weighted by molar-refractivity contribution is -0.106. The van der Waals surface area contributed by atoms with Crippen LogP contribution in [0.25, 0.3) is 0 Å². The van der Waals surface area contributed by atoms with E-state index in [4.69, 9.17) is 23.7 Å². The van der Waals surface area contributed by atoms with Gasteiger partial charge in [0.05, 0.1) is 81.9 Å². The zero-order chi connectivity index (χ0) is 52.3. The number of aryl methyl sites for hydroxylation is 1. The molecule has 0 saturated carbocycles. The summed E-state index contributed by atoms with van der Waals surface area (Å²) in [4.78, 5) is 2.77. The van der Waals surface area contributed by atoms with Crippen LogP contribution >= 0.6 is 11.3 Å². The van der Waals surface area contributed by atoms with Gasteiger partial charge in [-0.25, -0.2) is 0 Å². The van der Waals surface area contributed by atoms with Crippen molar-refractivity contribution in [3.8, 4) is 12.1 Å². The molecule has 1 aromatic carbocycles. The third-order valence-corrected chi connectivity index (χ3v) is 14.9. The number of anilines is 1. The summed E-state index contributed by atoms with van der Waals surface area (Å²) in [6, 6.07) is 10.4. The third kappa shape index (κ3) is 30.4. The van der Waals surface area contributed by atoms with Gasteiger partial charge in [-0.15, -0.1) is 21.6 Å². The standard InChI is InChI=1S/C60H103N5O6S/c1-8-13-17-21-25-29-33-53(66)46-69-55(35-31-27-23-19-15-10-3)48-71-56(36-32-28-24-20-16-11-4)49-70-54(34-30-26-22-18-14-9-2)47-68-42-41-67-40-39-65(12-5)52-37-38-58(50(6)43-52)63-64-60-57(44-61)51(7)59(45-62)72-60/h37-38,43,53-56,66H,8-36,39-42,46-49H2,1-7H3. The quantitative estimate of drug-likeness (QED) is 0.0506. The smallest absolute Gasteiger partial charge is 0.158 e. The molecule has 1 N–H and O–H groups in total. The number of hydrogen-bond donors (Lipinski definition) is 1. The van der Waals surface area contributed by atoms with Crippen molar-refractivity contribution >= 4 is 27.7 Å². The maximum Gasteiger partial charge on any atom is 0.158 e. The first-order valence-electron chi connectivity index (χ1n) is 29.1. The first kappa shape index (κ1) is 65.2. The summed E-state index contributed by atoms with van der Waals surface area (Å²) in [5, 5.41) is 39.1. The number of unbranched alkanes of at least 4 members (excludes halogenated alkanes) is 20. The van der Waals surface area contributed by atoms with Crippen LogP contribution in [0.1, 0.15) is 236 Å². The van der Waals surface area contributed by atoms with Crippen LogP contribution in [-0.4, -0.2) is 88.9 Å². The topological polar surface area (TPSA) is 142 Å². The van der Waals surface area contributed by atoms with Gasteiger partial charge in [0, 0.05) is 18.8 Å². The minimum atomic E-state index is -0.423. The zero-order valence-electron chi connectivity index (χ0n) is 46.8. The number of azo groups is 1. The monoisotopic (exact) mass is 1020 g/mol. The average Bonchev–Trinajstić information content (AvgIpc) is 3.70. The van der Waals surface area contributed by atoms with Crippen LogP contribution in [0.2, 0.25) is 0 Å². The highest BCUT2D eigenvalue weighted by molar-refractivity contribution is 7.16. The number of aliphatic hydroxyl groups is 1. The maximum absolute atomic E-state index is 10.9. The molecule has 0 fully saturated rings. The summed E-state index contributed by atoms with van der Waals surface area (Å²) in [6.45, 7) is 20.1. The van der Waals surface area contributed by atoms with E-state index in [1.54, 1.807) is 6.92 Å². The number of thiophene rings is 1. The second kappa shape index (κ2) is 44.4. The highest BCUT2D eigenvalue weighted by atomic mass is 32.1. The van der Waals surface area contributed by atoms with E-state index in [0.29, 0.717) is 67.3 Å². The lowest BCUT2D eigenvalue weighted by atomic mass is 10.1. The molecule has 0 radical (unpaired) electrons. The van der Waals surface area contributed by atoms with E-state index in [1.165, 1.54) is 140 Å². The van der Waals surface area contributed by atoms with Crippen LogP contribution in [0.5, 0.6) is 0 Å². The number of likely N-dealkylation sites (N-methyl/N-ethyl adjacent to an activating group) is 1. The largest absolute Gasteiger partial charge is 0.391 e. The van der Waals surface area contributed by atoms with E-state index in [2.05, 4.69) is 68.0 Å². The van der Waals surface area contributed by atoms with Crippen molar-refractivity contribution in [1.82, 2.24) is 0 Å². The Labute approximate surface area is 444 Å². The molecule has 0 amide bonds. The molecule has 2 rings (SSSR count). The predicted molar refractivity (Wildman–Crippen MR) is 301 cm³/mol. The predicted octanol–water partition coefficient (Wildman–Crippen LogP) is 16.9. The molecule has 0 spiro atoms. The van der Waals surface area contributed by atoms with Gasteiger partial charge >= 0.3 is 0 Å². The molecule has 12 heteroatoms. The Kier molecular flexibility index (Phi) is 40.2. The Morgan fingerprint density at radius 2 is 1.03 bits per heavy atom. The molecular formula is C60H103N5O6S. The second-order valence-corrected chi connectivity index (χ2v) is 21.1. The highest BCUT2D eigenvalue weighted by Crippen LogP contribution is 2.36. The van der Waals surface area contributed by atoms with Gasteiger partial charge in [-0.05, 0) is 75.8 Å². The van der Waals surface area contributed by atoms with Crippen molar-refractivity contribution in [2.24, 2.45) is 10.2 Å². The number of ether oxygens (including phenoxy) is 5. The first-order chi connectivity index (χ1) is 35.2. The number of nitriles is 2. The second-order valence-electron chi connectivity index (χ2n) is 20.1. The number of rotatable bonds is 49. The number of aliphatic hydroxyl groups excluding tert-OH is 1. The van der Waals surface area contributed by atoms with Crippen molar-refractivity contribution in [2.45, 2.75) is 253 Å². The molecule has 0 bridgehead atoms. The van der Waals surface area contributed by atoms with E-state index >= 15 is 0 Å². The van der Waals surface area contributed by atoms with Crippen LogP contribution in [0.15, 0.2) is 28.4 Å². The molecule has 1 aromatic heterocycles. The number of hydrogen-bond acceptors (Lipinski definition) is 12. The summed E-state index contributed by atoms with van der Waals surface area (Å²) < 4.78 is 32.4. The molecule has 0 aliphatic carbocycles. The Bertz CT molecular complexity index is 1730. The Morgan fingerprint density at radius 3 is 1.51 bits per heavy atom. The fourth-order valence-corrected chi connectivity index (χ4v) is 9.89. The van der Waals surface area contributed by atoms with Gasteiger partial charge in [0.1, 0.15) is 17.0 Å². The molecule has 1 heterocycles. The van der Waals surface area contributed by atoms with Crippen molar-refractivity contribution in [1.29, 1.82) is 10.5 Å². The van der Waals surface area contributed by atoms with Crippen LogP contribution < -0.4 is 4.90 Å². The van der Waals surface area contributed by atoms with E-state index in [1.807, 2.05) is 19.1 Å². The highest BCUT2D eigenvalue weighted by Gasteiger charge is 2.20. The third-order valence-electron chi connectivity index (χ3n) is 13.8. The van der Waals surface area contributed by atoms with Crippen LogP contribution in [0.4, 0.5) is 16.4 Å². The molecule has 0 aliphatic rings. The summed E-state index contributed by atoms with van der Waals surface area (Å²) in [5.41, 5.74) is 3.83. The number of benzene rings is 1. The van der Waals surface area contributed by atoms with E-state index < -0.39 is 6.10 Å². The molecular weight excluding hydrogens is 919 g/mol. The fraction of sp³-hybridized carbons (Fsp3) is 0.800. The SMILES string of the molecule is CCCCCCCCC(O)COC(CCCCCCCC)COC(CCCCCCCC)COC(CCCCCCCC)COCCOCCN(CC)c1ccc(N=Nc2sc(C#N)c(C)c2C#N)c(C)c1. The van der Waals surface area contributed by atoms with E-state index in [9.17, 15) is 15.6 Å². The molecule has 0 saturated heterocycles. The van der Waals surface area contributed by atoms with E-state index in [0.717, 1.165) is 81.4 Å². The van der Waals surface area contributed by atoms with Gasteiger partial charge < -0.3 is 33.7 Å². The minimum Gasteiger partial charge on any atom is -0.391 e. The number of nitrogens with zero attached hydrogens (tertiary/aromatic N) is 5. The van der Waals surface area contributed by atoms with Crippen molar-refractivity contribution in [3.05, 3.63) is 39.8 Å². The summed E-state index contributed by atoms with van der Waals surface area (Å²) in [5.74, 6) is 0. The molecule has 4 atom stereocenters. The molecule has 4 unspecified atom stereocenters. The van der Waals surface area contributed by atoms with Gasteiger partial charge in [0.25, 0.3) is 0 Å². The van der Waals surface area contributed by atoms with Gasteiger partial charge in [-0.2, -0.15) is 10.5 Å². The summed E-state index contributed by atoms with van der Waals surface area (Å²) in [6.07, 6.45) is 33.0. The molecule has 2 aromatic rings. The normalized spacial score (nSPS) is 13.4. The molecule has 72 heavy (non-hydrogen) atoms. The van der Waals surface area contributed by atoms with E-state index in [-0.39, 0.29) is 18.3 Å². The summed E-state index contributed by atoms with van der Waals surface area (Å²) in [7, 11) is 0. The van der Waals surface area contributed by atoms with Crippen LogP contribution in [0, 0.1) is 36.5 Å². The lowest BCUT2D eigenvalue weighted by Crippen LogP contribution is -2.32. The van der Waals surface area contributed by atoms with Crippen LogP contribution in [-0.2, 0) is 23.7 Å². The van der Waals surface area contributed by atoms with Gasteiger partial charge in [0.15, 0.2) is 5.00 Å². The van der Waals surface area contributed by atoms with Crippen molar-refractivity contribution < 1.29 is 28.8 Å². The van der Waals surface area contributed by atoms with Gasteiger partial charge in [-0.3, -0.25) is 0 Å². The average molecular weight is 1020 g/mol. The van der Waals surface area contributed by atoms with Gasteiger partial charge in [0.2, 0.25) is 0 Å². The van der Waals surface area contributed by atoms with Crippen molar-refractivity contribution in [2.75, 3.05) is 64.2 Å². The maximum atomic E-state index is 10.9. The van der Waals surface area contributed by atoms with Gasteiger partial charge in [-0.1, -0.05) is 182 Å². The minimum absolute atomic E-state index is 0.00158. The zero-order valence-corrected chi connectivity index (χ0v) is 47.7. The lowest BCUT2D eigenvalue weighted by Gasteiger charge is -2.26. The Morgan fingerprint density at radius 1 is 0.556 bits per heavy atom. The Hall–Kier alpha value is -2.94. The van der Waals surface area contributed by atoms with Crippen molar-refractivity contribution in [3.63, 3.8) is 0 Å². The summed E-state index contributed by atoms with van der Waals surface area (Å²) >= 11 is 1.19. The fourth-order valence-electron chi connectivity index (χ4n) is 9.01. The first-order valence-corrected chi connectivity index (χ1v) is 30.0. The molecule has 410 valence electrons. The Balaban J connectivity index is 1.99.